The normalized spacial score (nSPS) is 16.6. The van der Waals surface area contributed by atoms with E-state index >= 15 is 0 Å². The Kier molecular flexibility index (Phi) is 1.42. The molecule has 1 rings (SSSR count). The lowest BCUT2D eigenvalue weighted by atomic mass is 10.1. The Hall–Kier alpha value is -0.665. The SMILES string of the molecule is CC(C)C1=NNBN1. The van der Waals surface area contributed by atoms with E-state index < -0.39 is 0 Å². The van der Waals surface area contributed by atoms with Gasteiger partial charge in [-0.3, -0.25) is 0 Å². The minimum Gasteiger partial charge on any atom is -0.398 e. The number of nitrogens with zero attached hydrogens (tertiary/aromatic N) is 1. The average molecular weight is 111 g/mol. The maximum Gasteiger partial charge on any atom is 0.369 e. The first-order valence-corrected chi connectivity index (χ1v) is 2.85. The fourth-order valence-corrected chi connectivity index (χ4v) is 0.628. The lowest BCUT2D eigenvalue weighted by Gasteiger charge is -2.01. The largest absolute Gasteiger partial charge is 0.398 e. The molecule has 0 fully saturated rings. The minimum absolute atomic E-state index is 0.519. The third-order valence-electron chi connectivity index (χ3n) is 1.09. The molecule has 0 unspecified atom stereocenters. The Balaban J connectivity index is 2.45. The molecule has 0 aromatic heterocycles. The highest BCUT2D eigenvalue weighted by Gasteiger charge is 2.08. The monoisotopic (exact) mass is 111 g/mol. The Morgan fingerprint density at radius 2 is 2.38 bits per heavy atom. The molecule has 0 aliphatic carbocycles. The summed E-state index contributed by atoms with van der Waals surface area (Å²) in [6, 6.07) is 0. The van der Waals surface area contributed by atoms with Crippen molar-refractivity contribution in [2.75, 3.05) is 0 Å². The molecule has 0 bridgehead atoms. The van der Waals surface area contributed by atoms with Crippen molar-refractivity contribution in [3.05, 3.63) is 0 Å². The summed E-state index contributed by atoms with van der Waals surface area (Å²) < 4.78 is 0. The van der Waals surface area contributed by atoms with Crippen molar-refractivity contribution >= 4 is 13.4 Å². The molecule has 1 heterocycles. The lowest BCUT2D eigenvalue weighted by molar-refractivity contribution is 0.858. The highest BCUT2D eigenvalue weighted by Crippen LogP contribution is 1.93. The van der Waals surface area contributed by atoms with Crippen molar-refractivity contribution in [1.82, 2.24) is 10.6 Å². The quantitative estimate of drug-likeness (QED) is 0.444. The number of hydrogen-bond acceptors (Lipinski definition) is 3. The molecule has 4 heteroatoms. The summed E-state index contributed by atoms with van der Waals surface area (Å²) in [7, 11) is 0.785. The second-order valence-electron chi connectivity index (χ2n) is 2.16. The first-order chi connectivity index (χ1) is 3.80. The summed E-state index contributed by atoms with van der Waals surface area (Å²) in [4.78, 5) is 0. The molecule has 0 aromatic rings. The van der Waals surface area contributed by atoms with Gasteiger partial charge in [0.1, 0.15) is 5.84 Å². The Morgan fingerprint density at radius 3 is 2.62 bits per heavy atom. The van der Waals surface area contributed by atoms with Crippen molar-refractivity contribution in [3.63, 3.8) is 0 Å². The molecular formula is C4H10BN3. The van der Waals surface area contributed by atoms with Crippen molar-refractivity contribution in [2.45, 2.75) is 13.8 Å². The summed E-state index contributed by atoms with van der Waals surface area (Å²) in [6.07, 6.45) is 0. The zero-order valence-electron chi connectivity index (χ0n) is 5.23. The van der Waals surface area contributed by atoms with Gasteiger partial charge in [-0.05, 0) is 0 Å². The molecule has 1 aliphatic heterocycles. The third-order valence-corrected chi connectivity index (χ3v) is 1.09. The zero-order chi connectivity index (χ0) is 5.98. The van der Waals surface area contributed by atoms with E-state index in [4.69, 9.17) is 0 Å². The van der Waals surface area contributed by atoms with Crippen LogP contribution in [0.4, 0.5) is 0 Å². The van der Waals surface area contributed by atoms with Crippen LogP contribution < -0.4 is 10.6 Å². The van der Waals surface area contributed by atoms with E-state index in [9.17, 15) is 0 Å². The maximum absolute atomic E-state index is 3.99. The van der Waals surface area contributed by atoms with Crippen LogP contribution in [0, 0.1) is 5.92 Å². The zero-order valence-corrected chi connectivity index (χ0v) is 5.23. The minimum atomic E-state index is 0.519. The molecule has 0 saturated heterocycles. The summed E-state index contributed by atoms with van der Waals surface area (Å²) >= 11 is 0. The standard InChI is InChI=1S/C4H10BN3/c1-3(2)4-6-5-8-7-4/h3,5,8H,1-2H3,(H,6,7). The predicted octanol–water partition coefficient (Wildman–Crippen LogP) is -0.585. The van der Waals surface area contributed by atoms with Crippen LogP contribution in [0.15, 0.2) is 5.10 Å². The molecule has 0 amide bonds. The third kappa shape index (κ3) is 0.939. The molecule has 1 aliphatic rings. The van der Waals surface area contributed by atoms with Crippen LogP contribution >= 0.6 is 0 Å². The summed E-state index contributed by atoms with van der Waals surface area (Å²) in [6.45, 7) is 4.22. The second kappa shape index (κ2) is 2.07. The predicted molar refractivity (Wildman–Crippen MR) is 35.7 cm³/mol. The van der Waals surface area contributed by atoms with Gasteiger partial charge in [0.15, 0.2) is 0 Å². The summed E-state index contributed by atoms with van der Waals surface area (Å²) in [5.74, 6) is 1.58. The number of amidine groups is 1. The maximum atomic E-state index is 3.99. The van der Waals surface area contributed by atoms with Gasteiger partial charge in [0.05, 0.1) is 0 Å². The first kappa shape index (κ1) is 5.47. The fraction of sp³-hybridized carbons (Fsp3) is 0.750. The van der Waals surface area contributed by atoms with Crippen molar-refractivity contribution in [2.24, 2.45) is 11.0 Å². The molecule has 0 spiro atoms. The lowest BCUT2D eigenvalue weighted by Crippen LogP contribution is -2.27. The average Bonchev–Trinajstić information content (AvgIpc) is 2.12. The summed E-state index contributed by atoms with van der Waals surface area (Å²) in [5, 5.41) is 9.92. The van der Waals surface area contributed by atoms with E-state index in [1.54, 1.807) is 0 Å². The number of hydrazone groups is 1. The Bertz CT molecular complexity index is 110. The molecule has 8 heavy (non-hydrogen) atoms. The fourth-order valence-electron chi connectivity index (χ4n) is 0.628. The van der Waals surface area contributed by atoms with Crippen LogP contribution in [0.2, 0.25) is 0 Å². The van der Waals surface area contributed by atoms with Crippen LogP contribution in [0.5, 0.6) is 0 Å². The topological polar surface area (TPSA) is 36.4 Å². The van der Waals surface area contributed by atoms with Gasteiger partial charge in [0, 0.05) is 5.92 Å². The van der Waals surface area contributed by atoms with Gasteiger partial charge in [-0.1, -0.05) is 13.8 Å². The van der Waals surface area contributed by atoms with E-state index in [0.717, 1.165) is 13.4 Å². The Labute approximate surface area is 49.8 Å². The highest BCUT2D eigenvalue weighted by atomic mass is 15.3. The number of rotatable bonds is 1. The summed E-state index contributed by atoms with van der Waals surface area (Å²) in [5.41, 5.74) is 0. The van der Waals surface area contributed by atoms with Gasteiger partial charge in [0.25, 0.3) is 0 Å². The van der Waals surface area contributed by atoms with Gasteiger partial charge >= 0.3 is 7.55 Å². The molecule has 0 aromatic carbocycles. The molecule has 0 radical (unpaired) electrons. The van der Waals surface area contributed by atoms with E-state index in [1.165, 1.54) is 0 Å². The van der Waals surface area contributed by atoms with E-state index in [1.807, 2.05) is 0 Å². The van der Waals surface area contributed by atoms with Crippen LogP contribution in [-0.2, 0) is 0 Å². The van der Waals surface area contributed by atoms with Crippen molar-refractivity contribution < 1.29 is 0 Å². The van der Waals surface area contributed by atoms with Gasteiger partial charge in [-0.15, -0.1) is 0 Å². The van der Waals surface area contributed by atoms with Crippen LogP contribution in [0.1, 0.15) is 13.8 Å². The van der Waals surface area contributed by atoms with E-state index in [0.29, 0.717) is 5.92 Å². The molecule has 3 nitrogen and oxygen atoms in total. The van der Waals surface area contributed by atoms with Gasteiger partial charge < -0.3 is 10.6 Å². The van der Waals surface area contributed by atoms with Gasteiger partial charge in [-0.2, -0.15) is 5.10 Å². The Morgan fingerprint density at radius 1 is 1.62 bits per heavy atom. The molecular weight excluding hydrogens is 101 g/mol. The van der Waals surface area contributed by atoms with Crippen molar-refractivity contribution in [1.29, 1.82) is 0 Å². The molecule has 0 saturated carbocycles. The van der Waals surface area contributed by atoms with Gasteiger partial charge in [0.2, 0.25) is 0 Å². The van der Waals surface area contributed by atoms with E-state index in [2.05, 4.69) is 29.5 Å². The van der Waals surface area contributed by atoms with Crippen LogP contribution in [0.3, 0.4) is 0 Å². The van der Waals surface area contributed by atoms with Gasteiger partial charge in [-0.25, -0.2) is 0 Å². The number of hydrogen-bond donors (Lipinski definition) is 2. The molecule has 44 valence electrons. The first-order valence-electron chi connectivity index (χ1n) is 2.85. The molecule has 2 N–H and O–H groups in total. The van der Waals surface area contributed by atoms with Crippen molar-refractivity contribution in [3.8, 4) is 0 Å². The highest BCUT2D eigenvalue weighted by molar-refractivity contribution is 6.37. The second-order valence-corrected chi connectivity index (χ2v) is 2.16. The van der Waals surface area contributed by atoms with Crippen LogP contribution in [-0.4, -0.2) is 13.4 Å². The van der Waals surface area contributed by atoms with Crippen LogP contribution in [0.25, 0.3) is 0 Å². The number of nitrogens with one attached hydrogen (secondary N) is 2. The smallest absolute Gasteiger partial charge is 0.369 e. The molecule has 0 atom stereocenters. The van der Waals surface area contributed by atoms with E-state index in [-0.39, 0.29) is 0 Å².